The molecule has 3 aromatic rings. The number of amides is 1. The maximum atomic E-state index is 13.1. The first kappa shape index (κ1) is 23.3. The molecule has 0 spiro atoms. The number of rotatable bonds is 8. The summed E-state index contributed by atoms with van der Waals surface area (Å²) in [5, 5.41) is 9.34. The van der Waals surface area contributed by atoms with E-state index in [0.717, 1.165) is 5.56 Å². The van der Waals surface area contributed by atoms with Gasteiger partial charge in [-0.05, 0) is 59.8 Å². The number of likely N-dealkylation sites (N-methyl/N-ethyl adjacent to an activating group) is 1. The van der Waals surface area contributed by atoms with Gasteiger partial charge < -0.3 is 14.4 Å². The minimum absolute atomic E-state index is 0.0625. The van der Waals surface area contributed by atoms with E-state index in [1.807, 2.05) is 0 Å². The third-order valence-electron chi connectivity index (χ3n) is 4.45. The summed E-state index contributed by atoms with van der Waals surface area (Å²) in [4.78, 5) is 36.8. The van der Waals surface area contributed by atoms with Crippen molar-refractivity contribution in [1.82, 2.24) is 4.90 Å². The van der Waals surface area contributed by atoms with Crippen molar-refractivity contribution < 1.29 is 28.3 Å². The summed E-state index contributed by atoms with van der Waals surface area (Å²) < 4.78 is 18.8. The Balaban J connectivity index is 1.83. The molecule has 3 rings (SSSR count). The fraction of sp³-hybridized carbons (Fsp3) is 0.0870. The van der Waals surface area contributed by atoms with Crippen LogP contribution in [-0.4, -0.2) is 34.5 Å². The summed E-state index contributed by atoms with van der Waals surface area (Å²) in [6, 6.07) is 13.4. The molecule has 0 atom stereocenters. The van der Waals surface area contributed by atoms with Gasteiger partial charge in [-0.3, -0.25) is 9.59 Å². The zero-order chi connectivity index (χ0) is 23.3. The van der Waals surface area contributed by atoms with Crippen LogP contribution in [0.25, 0.3) is 17.4 Å². The molecule has 6 nitrogen and oxygen atoms in total. The average Bonchev–Trinajstić information content (AvgIpc) is 3.23. The zero-order valence-electron chi connectivity index (χ0n) is 16.7. The fourth-order valence-electron chi connectivity index (χ4n) is 2.88. The highest BCUT2D eigenvalue weighted by Gasteiger charge is 2.18. The summed E-state index contributed by atoms with van der Waals surface area (Å²) in [5.74, 6) is -1.27. The fourth-order valence-corrected chi connectivity index (χ4v) is 3.62. The Labute approximate surface area is 192 Å². The van der Waals surface area contributed by atoms with Gasteiger partial charge in [0.2, 0.25) is 0 Å². The quantitative estimate of drug-likeness (QED) is 0.350. The van der Waals surface area contributed by atoms with Crippen LogP contribution < -0.4 is 0 Å². The first-order valence-corrected chi connectivity index (χ1v) is 10.5. The van der Waals surface area contributed by atoms with Crippen LogP contribution in [0.15, 0.2) is 63.9 Å². The van der Waals surface area contributed by atoms with Crippen LogP contribution in [0.5, 0.6) is 0 Å². The minimum atomic E-state index is -1.16. The highest BCUT2D eigenvalue weighted by molar-refractivity contribution is 8.16. The number of aromatic carboxylic acids is 1. The number of furan rings is 1. The van der Waals surface area contributed by atoms with E-state index >= 15 is 0 Å². The van der Waals surface area contributed by atoms with Gasteiger partial charge in [-0.2, -0.15) is 0 Å². The first-order chi connectivity index (χ1) is 15.3. The molecule has 9 heteroatoms. The Morgan fingerprint density at radius 3 is 2.53 bits per heavy atom. The van der Waals surface area contributed by atoms with Crippen molar-refractivity contribution in [3.63, 3.8) is 0 Å². The third-order valence-corrected chi connectivity index (χ3v) is 5.42. The number of carboxylic acids is 1. The Hall–Kier alpha value is -3.36. The molecule has 0 bridgehead atoms. The smallest absolute Gasteiger partial charge is 0.337 e. The van der Waals surface area contributed by atoms with E-state index in [0.29, 0.717) is 34.5 Å². The summed E-state index contributed by atoms with van der Waals surface area (Å²) in [5.41, 5.74) is 1.70. The predicted molar refractivity (Wildman–Crippen MR) is 121 cm³/mol. The number of hydrogen-bond acceptors (Lipinski definition) is 5. The van der Waals surface area contributed by atoms with E-state index < -0.39 is 11.9 Å². The van der Waals surface area contributed by atoms with E-state index in [2.05, 4.69) is 0 Å². The second-order valence-corrected chi connectivity index (χ2v) is 7.99. The molecular weight excluding hydrogens is 457 g/mol. The number of hydrogen-bond donors (Lipinski definition) is 1. The Kier molecular flexibility index (Phi) is 7.50. The molecule has 0 aliphatic carbocycles. The van der Waals surface area contributed by atoms with E-state index in [-0.39, 0.29) is 27.9 Å². The number of carbonyl (C=O) groups excluding carboxylic acids is 2. The SMILES string of the molecule is CN(Cc1ccc(F)cc1)C(=O)/C(=C/c1ccc(-c2ccc(Cl)c(C(=O)O)c2)o1)SC=O. The monoisotopic (exact) mass is 473 g/mol. The summed E-state index contributed by atoms with van der Waals surface area (Å²) in [6.45, 7) is 0.224. The van der Waals surface area contributed by atoms with E-state index in [9.17, 15) is 23.9 Å². The van der Waals surface area contributed by atoms with Crippen molar-refractivity contribution in [2.24, 2.45) is 0 Å². The number of carbonyl (C=O) groups is 3. The highest BCUT2D eigenvalue weighted by atomic mass is 35.5. The second-order valence-electron chi connectivity index (χ2n) is 6.71. The van der Waals surface area contributed by atoms with Gasteiger partial charge in [0.15, 0.2) is 5.62 Å². The molecule has 164 valence electrons. The lowest BCUT2D eigenvalue weighted by Gasteiger charge is -2.18. The first-order valence-electron chi connectivity index (χ1n) is 9.23. The summed E-state index contributed by atoms with van der Waals surface area (Å²) in [6.07, 6.45) is 1.43. The summed E-state index contributed by atoms with van der Waals surface area (Å²) in [7, 11) is 1.57. The molecule has 1 aromatic heterocycles. The number of carboxylic acid groups (broad SMARTS) is 1. The lowest BCUT2D eigenvalue weighted by atomic mass is 10.1. The zero-order valence-corrected chi connectivity index (χ0v) is 18.3. The molecule has 1 N–H and O–H groups in total. The second kappa shape index (κ2) is 10.3. The molecule has 1 heterocycles. The molecular formula is C23H17ClFNO5S. The molecule has 0 unspecified atom stereocenters. The molecule has 0 saturated carbocycles. The molecule has 2 aromatic carbocycles. The molecule has 0 fully saturated rings. The van der Waals surface area contributed by atoms with Gasteiger partial charge >= 0.3 is 5.97 Å². The van der Waals surface area contributed by atoms with Crippen molar-refractivity contribution in [1.29, 1.82) is 0 Å². The van der Waals surface area contributed by atoms with E-state index in [1.165, 1.54) is 35.2 Å². The number of thioether (sulfide) groups is 1. The molecule has 0 aliphatic rings. The van der Waals surface area contributed by atoms with Crippen molar-refractivity contribution in [3.8, 4) is 11.3 Å². The average molecular weight is 474 g/mol. The minimum Gasteiger partial charge on any atom is -0.478 e. The standard InChI is InChI=1S/C23H17ClFNO5S/c1-26(12-14-2-5-16(25)6-3-14)22(28)21(32-13-27)11-17-7-9-20(31-17)15-4-8-19(24)18(10-15)23(29)30/h2-11,13H,12H2,1H3,(H,29,30)/b21-11-. The molecule has 1 amide bonds. The maximum absolute atomic E-state index is 13.1. The molecule has 32 heavy (non-hydrogen) atoms. The van der Waals surface area contributed by atoms with Crippen LogP contribution in [-0.2, 0) is 16.1 Å². The van der Waals surface area contributed by atoms with Crippen LogP contribution in [0.4, 0.5) is 4.39 Å². The maximum Gasteiger partial charge on any atom is 0.337 e. The largest absolute Gasteiger partial charge is 0.478 e. The van der Waals surface area contributed by atoms with Crippen molar-refractivity contribution in [2.75, 3.05) is 7.05 Å². The van der Waals surface area contributed by atoms with E-state index in [1.54, 1.807) is 37.4 Å². The molecule has 0 radical (unpaired) electrons. The van der Waals surface area contributed by atoms with Gasteiger partial charge in [0.1, 0.15) is 17.3 Å². The number of benzene rings is 2. The van der Waals surface area contributed by atoms with Crippen LogP contribution in [0, 0.1) is 5.82 Å². The lowest BCUT2D eigenvalue weighted by molar-refractivity contribution is -0.125. The van der Waals surface area contributed by atoms with Crippen LogP contribution in [0.1, 0.15) is 21.7 Å². The van der Waals surface area contributed by atoms with Crippen LogP contribution >= 0.6 is 23.4 Å². The lowest BCUT2D eigenvalue weighted by Crippen LogP contribution is -2.26. The van der Waals surface area contributed by atoms with Gasteiger partial charge in [0.25, 0.3) is 5.91 Å². The van der Waals surface area contributed by atoms with Gasteiger partial charge in [0, 0.05) is 25.2 Å². The number of nitrogens with zero attached hydrogens (tertiary/aromatic N) is 1. The van der Waals surface area contributed by atoms with Gasteiger partial charge in [-0.1, -0.05) is 23.7 Å². The van der Waals surface area contributed by atoms with Crippen molar-refractivity contribution in [3.05, 3.63) is 87.2 Å². The van der Waals surface area contributed by atoms with Gasteiger partial charge in [-0.15, -0.1) is 0 Å². The third kappa shape index (κ3) is 5.66. The molecule has 0 aliphatic heterocycles. The van der Waals surface area contributed by atoms with Gasteiger partial charge in [0.05, 0.1) is 15.5 Å². The Morgan fingerprint density at radius 2 is 1.88 bits per heavy atom. The van der Waals surface area contributed by atoms with Crippen LogP contribution in [0.2, 0.25) is 5.02 Å². The normalized spacial score (nSPS) is 11.3. The Bertz CT molecular complexity index is 1190. The number of halogens is 2. The van der Waals surface area contributed by atoms with Gasteiger partial charge in [-0.25, -0.2) is 9.18 Å². The van der Waals surface area contributed by atoms with Crippen LogP contribution in [0.3, 0.4) is 0 Å². The Morgan fingerprint density at radius 1 is 1.16 bits per heavy atom. The topological polar surface area (TPSA) is 87.8 Å². The highest BCUT2D eigenvalue weighted by Crippen LogP contribution is 2.29. The van der Waals surface area contributed by atoms with Crippen molar-refractivity contribution >= 4 is 46.9 Å². The predicted octanol–water partition coefficient (Wildman–Crippen LogP) is 5.36. The van der Waals surface area contributed by atoms with Crippen molar-refractivity contribution in [2.45, 2.75) is 6.54 Å². The van der Waals surface area contributed by atoms with E-state index in [4.69, 9.17) is 16.0 Å². The summed E-state index contributed by atoms with van der Waals surface area (Å²) >= 11 is 6.61. The molecule has 0 saturated heterocycles.